The van der Waals surface area contributed by atoms with Gasteiger partial charge in [-0.2, -0.15) is 0 Å². The minimum atomic E-state index is -0.0224. The van der Waals surface area contributed by atoms with E-state index < -0.39 is 0 Å². The number of aryl methyl sites for hydroxylation is 2. The summed E-state index contributed by atoms with van der Waals surface area (Å²) in [6.45, 7) is 4.23. The van der Waals surface area contributed by atoms with Crippen molar-refractivity contribution < 1.29 is 0 Å². The van der Waals surface area contributed by atoms with E-state index in [-0.39, 0.29) is 6.04 Å². The summed E-state index contributed by atoms with van der Waals surface area (Å²) in [7, 11) is 0. The Labute approximate surface area is 111 Å². The Balaban J connectivity index is 2.32. The van der Waals surface area contributed by atoms with Crippen molar-refractivity contribution in [3.05, 3.63) is 46.0 Å². The molecule has 18 heavy (non-hydrogen) atoms. The van der Waals surface area contributed by atoms with Crippen molar-refractivity contribution in [2.45, 2.75) is 32.7 Å². The SMILES string of the molecule is CCc1ccc(C(NN)c2snnc2CC)cc1. The first kappa shape index (κ1) is 13.1. The second-order valence-electron chi connectivity index (χ2n) is 4.13. The van der Waals surface area contributed by atoms with Crippen molar-refractivity contribution in [3.63, 3.8) is 0 Å². The summed E-state index contributed by atoms with van der Waals surface area (Å²) in [6.07, 6.45) is 1.92. The zero-order chi connectivity index (χ0) is 13.0. The van der Waals surface area contributed by atoms with Crippen molar-refractivity contribution in [2.24, 2.45) is 5.84 Å². The van der Waals surface area contributed by atoms with Crippen molar-refractivity contribution in [1.82, 2.24) is 15.0 Å². The average Bonchev–Trinajstić information content (AvgIpc) is 2.89. The van der Waals surface area contributed by atoms with Gasteiger partial charge in [0.1, 0.15) is 0 Å². The maximum atomic E-state index is 5.69. The molecular weight excluding hydrogens is 244 g/mol. The van der Waals surface area contributed by atoms with Gasteiger partial charge in [0.05, 0.1) is 16.6 Å². The van der Waals surface area contributed by atoms with Crippen LogP contribution in [0.25, 0.3) is 0 Å². The van der Waals surface area contributed by atoms with Gasteiger partial charge in [0.25, 0.3) is 0 Å². The molecule has 0 radical (unpaired) electrons. The summed E-state index contributed by atoms with van der Waals surface area (Å²) in [5, 5.41) is 4.14. The van der Waals surface area contributed by atoms with Crippen LogP contribution in [0, 0.1) is 0 Å². The highest BCUT2D eigenvalue weighted by atomic mass is 32.1. The molecule has 0 amide bonds. The molecule has 5 heteroatoms. The van der Waals surface area contributed by atoms with E-state index in [1.807, 2.05) is 0 Å². The largest absolute Gasteiger partial charge is 0.271 e. The summed E-state index contributed by atoms with van der Waals surface area (Å²) in [6, 6.07) is 8.48. The van der Waals surface area contributed by atoms with Crippen LogP contribution >= 0.6 is 11.5 Å². The first-order valence-corrected chi connectivity index (χ1v) is 6.93. The summed E-state index contributed by atoms with van der Waals surface area (Å²) in [5.74, 6) is 5.69. The first-order valence-electron chi connectivity index (χ1n) is 6.16. The van der Waals surface area contributed by atoms with Gasteiger partial charge in [-0.3, -0.25) is 5.84 Å². The van der Waals surface area contributed by atoms with E-state index in [9.17, 15) is 0 Å². The molecule has 96 valence electrons. The maximum Gasteiger partial charge on any atom is 0.0837 e. The standard InChI is InChI=1S/C13H18N4S/c1-3-9-5-7-10(8-6-9)12(15-14)13-11(4-2)16-17-18-13/h5-8,12,15H,3-4,14H2,1-2H3. The van der Waals surface area contributed by atoms with Crippen molar-refractivity contribution in [3.8, 4) is 0 Å². The van der Waals surface area contributed by atoms with E-state index in [0.29, 0.717) is 0 Å². The number of benzene rings is 1. The van der Waals surface area contributed by atoms with Gasteiger partial charge in [-0.1, -0.05) is 42.6 Å². The van der Waals surface area contributed by atoms with Crippen molar-refractivity contribution >= 4 is 11.5 Å². The molecule has 1 aromatic heterocycles. The molecule has 0 aliphatic rings. The highest BCUT2D eigenvalue weighted by Crippen LogP contribution is 2.26. The van der Waals surface area contributed by atoms with Crippen LogP contribution in [0.2, 0.25) is 0 Å². The Hall–Kier alpha value is -1.30. The van der Waals surface area contributed by atoms with Crippen LogP contribution in [0.15, 0.2) is 24.3 Å². The van der Waals surface area contributed by atoms with Crippen molar-refractivity contribution in [2.75, 3.05) is 0 Å². The Bertz CT molecular complexity index is 492. The molecule has 0 aliphatic carbocycles. The van der Waals surface area contributed by atoms with Crippen LogP contribution < -0.4 is 11.3 Å². The Morgan fingerprint density at radius 1 is 1.22 bits per heavy atom. The topological polar surface area (TPSA) is 63.8 Å². The first-order chi connectivity index (χ1) is 8.80. The Kier molecular flexibility index (Phi) is 4.41. The predicted molar refractivity (Wildman–Crippen MR) is 74.3 cm³/mol. The second kappa shape index (κ2) is 6.04. The number of nitrogens with zero attached hydrogens (tertiary/aromatic N) is 2. The fourth-order valence-electron chi connectivity index (χ4n) is 1.95. The monoisotopic (exact) mass is 262 g/mol. The molecule has 2 rings (SSSR count). The number of hydrogen-bond acceptors (Lipinski definition) is 5. The number of rotatable bonds is 5. The van der Waals surface area contributed by atoms with Crippen LogP contribution in [0.5, 0.6) is 0 Å². The lowest BCUT2D eigenvalue weighted by Crippen LogP contribution is -2.28. The van der Waals surface area contributed by atoms with Gasteiger partial charge < -0.3 is 0 Å². The van der Waals surface area contributed by atoms with E-state index in [1.165, 1.54) is 17.1 Å². The fraction of sp³-hybridized carbons (Fsp3) is 0.385. The molecule has 0 spiro atoms. The van der Waals surface area contributed by atoms with Gasteiger partial charge in [-0.05, 0) is 35.5 Å². The third-order valence-corrected chi connectivity index (χ3v) is 3.90. The van der Waals surface area contributed by atoms with Crippen LogP contribution in [0.3, 0.4) is 0 Å². The number of aromatic nitrogens is 2. The van der Waals surface area contributed by atoms with E-state index in [0.717, 1.165) is 29.0 Å². The van der Waals surface area contributed by atoms with Gasteiger partial charge in [-0.25, -0.2) is 5.43 Å². The molecule has 0 fully saturated rings. The predicted octanol–water partition coefficient (Wildman–Crippen LogP) is 2.22. The zero-order valence-electron chi connectivity index (χ0n) is 10.7. The molecule has 1 unspecified atom stereocenters. The lowest BCUT2D eigenvalue weighted by atomic mass is 10.0. The maximum absolute atomic E-state index is 5.69. The molecular formula is C13H18N4S. The molecule has 0 aliphatic heterocycles. The average molecular weight is 262 g/mol. The number of hydrogen-bond donors (Lipinski definition) is 2. The summed E-state index contributed by atoms with van der Waals surface area (Å²) < 4.78 is 4.02. The molecule has 0 saturated heterocycles. The van der Waals surface area contributed by atoms with E-state index >= 15 is 0 Å². The van der Waals surface area contributed by atoms with Crippen LogP contribution in [0.1, 0.15) is 41.6 Å². The summed E-state index contributed by atoms with van der Waals surface area (Å²) in [4.78, 5) is 1.10. The Morgan fingerprint density at radius 2 is 1.94 bits per heavy atom. The fourth-order valence-corrected chi connectivity index (χ4v) is 2.78. The molecule has 0 saturated carbocycles. The molecule has 2 aromatic rings. The molecule has 1 atom stereocenters. The number of nitrogens with one attached hydrogen (secondary N) is 1. The third kappa shape index (κ3) is 2.58. The summed E-state index contributed by atoms with van der Waals surface area (Å²) in [5.41, 5.74) is 6.35. The second-order valence-corrected chi connectivity index (χ2v) is 4.92. The van der Waals surface area contributed by atoms with Crippen molar-refractivity contribution in [1.29, 1.82) is 0 Å². The van der Waals surface area contributed by atoms with E-state index in [4.69, 9.17) is 5.84 Å². The number of nitrogens with two attached hydrogens (primary N) is 1. The van der Waals surface area contributed by atoms with Gasteiger partial charge in [0.2, 0.25) is 0 Å². The molecule has 1 aromatic carbocycles. The minimum absolute atomic E-state index is 0.0224. The molecule has 3 N–H and O–H groups in total. The highest BCUT2D eigenvalue weighted by Gasteiger charge is 2.18. The molecule has 4 nitrogen and oxygen atoms in total. The molecule has 0 bridgehead atoms. The lowest BCUT2D eigenvalue weighted by Gasteiger charge is -2.15. The zero-order valence-corrected chi connectivity index (χ0v) is 11.5. The summed E-state index contributed by atoms with van der Waals surface area (Å²) >= 11 is 1.41. The van der Waals surface area contributed by atoms with Gasteiger partial charge >= 0.3 is 0 Å². The number of hydrazine groups is 1. The van der Waals surface area contributed by atoms with Crippen LogP contribution in [0.4, 0.5) is 0 Å². The van der Waals surface area contributed by atoms with E-state index in [1.54, 1.807) is 0 Å². The normalized spacial score (nSPS) is 12.6. The molecule has 1 heterocycles. The van der Waals surface area contributed by atoms with Crippen LogP contribution in [-0.4, -0.2) is 9.59 Å². The van der Waals surface area contributed by atoms with E-state index in [2.05, 4.69) is 53.1 Å². The van der Waals surface area contributed by atoms with Gasteiger partial charge in [-0.15, -0.1) is 5.10 Å². The van der Waals surface area contributed by atoms with Gasteiger partial charge in [0.15, 0.2) is 0 Å². The Morgan fingerprint density at radius 3 is 2.50 bits per heavy atom. The minimum Gasteiger partial charge on any atom is -0.271 e. The van der Waals surface area contributed by atoms with Crippen LogP contribution in [-0.2, 0) is 12.8 Å². The lowest BCUT2D eigenvalue weighted by molar-refractivity contribution is 0.639. The highest BCUT2D eigenvalue weighted by molar-refractivity contribution is 7.05. The third-order valence-electron chi connectivity index (χ3n) is 3.07. The smallest absolute Gasteiger partial charge is 0.0837 e. The van der Waals surface area contributed by atoms with Gasteiger partial charge in [0, 0.05) is 0 Å². The quantitative estimate of drug-likeness (QED) is 0.640.